The van der Waals surface area contributed by atoms with E-state index in [0.29, 0.717) is 52.2 Å². The molecule has 0 bridgehead atoms. The summed E-state index contributed by atoms with van der Waals surface area (Å²) in [7, 11) is 0. The minimum Gasteiger partial charge on any atom is -0.444 e. The number of halogens is 2. The molecule has 3 rings (SSSR count). The standard InChI is InChI=1S/C30H39Cl2N7O6/c1-29(2,3)44-17-23(36-28(41)45-30(4,5)6)27(40)35-22-16-38(15-20(22)19-9-8-18(31)14-21(19)32)13-7-12-34-25-11-10-24(39(42)43)26(33)37-25/h8-11,14-16,23H,7,12-13,17H2,1-6H3,(H,35,40)(H,36,41)(H3,33,34,37). The van der Waals surface area contributed by atoms with E-state index in [1.807, 2.05) is 31.5 Å². The second kappa shape index (κ2) is 14.8. The summed E-state index contributed by atoms with van der Waals surface area (Å²) in [6, 6.07) is 6.78. The van der Waals surface area contributed by atoms with Crippen molar-refractivity contribution < 1.29 is 24.0 Å². The Morgan fingerprint density at radius 3 is 2.38 bits per heavy atom. The Morgan fingerprint density at radius 1 is 1.07 bits per heavy atom. The molecule has 0 saturated carbocycles. The number of hydrogen-bond acceptors (Lipinski definition) is 9. The molecule has 45 heavy (non-hydrogen) atoms. The molecule has 1 aromatic carbocycles. The molecule has 0 aliphatic carbocycles. The molecular weight excluding hydrogens is 625 g/mol. The van der Waals surface area contributed by atoms with Gasteiger partial charge in [0.05, 0.1) is 27.8 Å². The van der Waals surface area contributed by atoms with E-state index < -0.39 is 34.2 Å². The molecule has 2 amide bonds. The molecule has 1 atom stereocenters. The highest BCUT2D eigenvalue weighted by atomic mass is 35.5. The van der Waals surface area contributed by atoms with Gasteiger partial charge < -0.3 is 35.7 Å². The molecule has 13 nitrogen and oxygen atoms in total. The first-order valence-electron chi connectivity index (χ1n) is 14.2. The molecule has 0 aliphatic heterocycles. The van der Waals surface area contributed by atoms with Crippen molar-refractivity contribution in [1.29, 1.82) is 0 Å². The number of pyridine rings is 1. The highest BCUT2D eigenvalue weighted by Crippen LogP contribution is 2.36. The predicted octanol–water partition coefficient (Wildman–Crippen LogP) is 6.50. The number of aryl methyl sites for hydroxylation is 1. The summed E-state index contributed by atoms with van der Waals surface area (Å²) in [6.07, 6.45) is 3.47. The van der Waals surface area contributed by atoms with Gasteiger partial charge in [0.25, 0.3) is 0 Å². The monoisotopic (exact) mass is 663 g/mol. The lowest BCUT2D eigenvalue weighted by atomic mass is 10.1. The van der Waals surface area contributed by atoms with Gasteiger partial charge in [-0.25, -0.2) is 9.78 Å². The number of hydrogen-bond donors (Lipinski definition) is 4. The summed E-state index contributed by atoms with van der Waals surface area (Å²) in [5, 5.41) is 20.5. The molecule has 1 unspecified atom stereocenters. The summed E-state index contributed by atoms with van der Waals surface area (Å²) in [6.45, 7) is 11.6. The van der Waals surface area contributed by atoms with Crippen molar-refractivity contribution in [2.24, 2.45) is 0 Å². The Morgan fingerprint density at radius 2 is 1.78 bits per heavy atom. The molecule has 5 N–H and O–H groups in total. The Balaban J connectivity index is 1.81. The zero-order valence-corrected chi connectivity index (χ0v) is 27.6. The van der Waals surface area contributed by atoms with Crippen LogP contribution in [0, 0.1) is 10.1 Å². The number of alkyl carbamates (subject to hydrolysis) is 1. The normalized spacial score (nSPS) is 12.4. The van der Waals surface area contributed by atoms with Gasteiger partial charge in [0.1, 0.15) is 17.5 Å². The van der Waals surface area contributed by atoms with Crippen LogP contribution in [0.15, 0.2) is 42.7 Å². The lowest BCUT2D eigenvalue weighted by Gasteiger charge is -2.26. The zero-order chi connectivity index (χ0) is 33.5. The average molecular weight is 665 g/mol. The quantitative estimate of drug-likeness (QED) is 0.0957. The van der Waals surface area contributed by atoms with E-state index >= 15 is 0 Å². The van der Waals surface area contributed by atoms with Crippen LogP contribution in [-0.2, 0) is 20.8 Å². The summed E-state index contributed by atoms with van der Waals surface area (Å²) in [4.78, 5) is 40.6. The van der Waals surface area contributed by atoms with Gasteiger partial charge in [0.2, 0.25) is 11.7 Å². The Kier molecular flexibility index (Phi) is 11.7. The van der Waals surface area contributed by atoms with Crippen LogP contribution in [-0.4, -0.2) is 56.9 Å². The van der Waals surface area contributed by atoms with E-state index in [1.54, 1.807) is 45.2 Å². The highest BCUT2D eigenvalue weighted by Gasteiger charge is 2.28. The van der Waals surface area contributed by atoms with Crippen LogP contribution >= 0.6 is 23.2 Å². The number of anilines is 3. The van der Waals surface area contributed by atoms with Crippen LogP contribution in [0.2, 0.25) is 10.0 Å². The molecule has 0 aliphatic rings. The van der Waals surface area contributed by atoms with Crippen LogP contribution in [0.1, 0.15) is 48.0 Å². The predicted molar refractivity (Wildman–Crippen MR) is 176 cm³/mol. The third kappa shape index (κ3) is 11.1. The number of nitro groups is 1. The van der Waals surface area contributed by atoms with Gasteiger partial charge in [-0.2, -0.15) is 0 Å². The second-order valence-electron chi connectivity index (χ2n) is 12.2. The van der Waals surface area contributed by atoms with E-state index in [0.717, 1.165) is 0 Å². The van der Waals surface area contributed by atoms with Crippen LogP contribution in [0.4, 0.5) is 27.8 Å². The molecule has 244 valence electrons. The summed E-state index contributed by atoms with van der Waals surface area (Å²) in [5.41, 5.74) is 5.82. The highest BCUT2D eigenvalue weighted by molar-refractivity contribution is 6.36. The SMILES string of the molecule is CC(C)(C)OCC(NC(=O)OC(C)(C)C)C(=O)Nc1cn(CCCNc2ccc([N+](=O)[O-])c(N)n2)cc1-c1ccc(Cl)cc1Cl. The lowest BCUT2D eigenvalue weighted by molar-refractivity contribution is -0.384. The Bertz CT molecular complexity index is 1530. The molecule has 0 fully saturated rings. The van der Waals surface area contributed by atoms with E-state index in [9.17, 15) is 19.7 Å². The second-order valence-corrected chi connectivity index (χ2v) is 13.0. The minimum atomic E-state index is -1.07. The maximum absolute atomic E-state index is 13.6. The van der Waals surface area contributed by atoms with Crippen LogP contribution in [0.3, 0.4) is 0 Å². The molecular formula is C30H39Cl2N7O6. The number of nitrogens with zero attached hydrogens (tertiary/aromatic N) is 3. The van der Waals surface area contributed by atoms with E-state index in [-0.39, 0.29) is 18.1 Å². The van der Waals surface area contributed by atoms with Gasteiger partial charge >= 0.3 is 11.8 Å². The smallest absolute Gasteiger partial charge is 0.408 e. The molecule has 0 radical (unpaired) electrons. The van der Waals surface area contributed by atoms with Crippen molar-refractivity contribution in [3.63, 3.8) is 0 Å². The van der Waals surface area contributed by atoms with Crippen molar-refractivity contribution in [2.45, 2.75) is 71.8 Å². The number of ether oxygens (including phenoxy) is 2. The van der Waals surface area contributed by atoms with Gasteiger partial charge in [0, 0.05) is 47.7 Å². The first kappa shape index (κ1) is 35.4. The van der Waals surface area contributed by atoms with Crippen molar-refractivity contribution in [3.05, 3.63) is 62.9 Å². The number of nitrogens with two attached hydrogens (primary N) is 1. The number of carbonyl (C=O) groups excluding carboxylic acids is 2. The lowest BCUT2D eigenvalue weighted by Crippen LogP contribution is -2.49. The fourth-order valence-electron chi connectivity index (χ4n) is 4.04. The summed E-state index contributed by atoms with van der Waals surface area (Å²) >= 11 is 12.7. The molecule has 0 saturated heterocycles. The third-order valence-corrected chi connectivity index (χ3v) is 6.60. The van der Waals surface area contributed by atoms with E-state index in [4.69, 9.17) is 38.4 Å². The van der Waals surface area contributed by atoms with Crippen molar-refractivity contribution in [2.75, 3.05) is 29.5 Å². The van der Waals surface area contributed by atoms with Crippen molar-refractivity contribution in [3.8, 4) is 11.1 Å². The third-order valence-electron chi connectivity index (χ3n) is 6.05. The molecule has 2 heterocycles. The Labute approximate surface area is 271 Å². The first-order chi connectivity index (χ1) is 20.9. The van der Waals surface area contributed by atoms with E-state index in [1.165, 1.54) is 12.1 Å². The molecule has 15 heteroatoms. The maximum Gasteiger partial charge on any atom is 0.408 e. The van der Waals surface area contributed by atoms with Crippen LogP contribution < -0.4 is 21.7 Å². The summed E-state index contributed by atoms with van der Waals surface area (Å²) in [5.74, 6) is -0.279. The molecule has 0 spiro atoms. The van der Waals surface area contributed by atoms with Gasteiger partial charge in [-0.3, -0.25) is 14.9 Å². The number of amides is 2. The first-order valence-corrected chi connectivity index (χ1v) is 14.9. The average Bonchev–Trinajstić information content (AvgIpc) is 3.29. The molecule has 2 aromatic heterocycles. The number of nitrogen functional groups attached to an aromatic ring is 1. The van der Waals surface area contributed by atoms with E-state index in [2.05, 4.69) is 20.9 Å². The zero-order valence-electron chi connectivity index (χ0n) is 26.1. The Hall–Kier alpha value is -4.07. The van der Waals surface area contributed by atoms with Gasteiger partial charge in [-0.15, -0.1) is 0 Å². The van der Waals surface area contributed by atoms with Crippen molar-refractivity contribution >= 4 is 58.2 Å². The van der Waals surface area contributed by atoms with Crippen LogP contribution in [0.5, 0.6) is 0 Å². The number of nitrogens with one attached hydrogen (secondary N) is 3. The number of benzene rings is 1. The number of carbonyl (C=O) groups is 2. The fraction of sp³-hybridized carbons (Fsp3) is 0.433. The number of rotatable bonds is 12. The summed E-state index contributed by atoms with van der Waals surface area (Å²) < 4.78 is 13.1. The number of aromatic nitrogens is 2. The topological polar surface area (TPSA) is 176 Å². The van der Waals surface area contributed by atoms with Crippen molar-refractivity contribution in [1.82, 2.24) is 14.9 Å². The molecule has 3 aromatic rings. The van der Waals surface area contributed by atoms with Crippen LogP contribution in [0.25, 0.3) is 11.1 Å². The van der Waals surface area contributed by atoms with Gasteiger partial charge in [-0.1, -0.05) is 29.3 Å². The van der Waals surface area contributed by atoms with Gasteiger partial charge in [0.15, 0.2) is 0 Å². The maximum atomic E-state index is 13.6. The minimum absolute atomic E-state index is 0.0980. The fourth-order valence-corrected chi connectivity index (χ4v) is 4.55. The largest absolute Gasteiger partial charge is 0.444 e. The van der Waals surface area contributed by atoms with Gasteiger partial charge in [-0.05, 0) is 66.2 Å².